The Morgan fingerprint density at radius 2 is 1.71 bits per heavy atom. The molecule has 0 unspecified atom stereocenters. The van der Waals surface area contributed by atoms with Crippen LogP contribution in [-0.4, -0.2) is 38.3 Å². The number of piperazine rings is 1. The first-order chi connectivity index (χ1) is 10.3. The van der Waals surface area contributed by atoms with E-state index in [4.69, 9.17) is 9.47 Å². The number of nitrogens with zero attached hydrogens (tertiary/aromatic N) is 2. The molecule has 3 rings (SSSR count). The summed E-state index contributed by atoms with van der Waals surface area (Å²) < 4.78 is 10.8. The van der Waals surface area contributed by atoms with Gasteiger partial charge in [-0.25, -0.2) is 0 Å². The Balaban J connectivity index is 1.68. The fourth-order valence-corrected chi connectivity index (χ4v) is 2.34. The number of anilines is 1. The molecule has 110 valence electrons. The van der Waals surface area contributed by atoms with E-state index in [1.54, 1.807) is 13.2 Å². The predicted molar refractivity (Wildman–Crippen MR) is 82.4 cm³/mol. The van der Waals surface area contributed by atoms with Crippen LogP contribution >= 0.6 is 0 Å². The highest BCUT2D eigenvalue weighted by molar-refractivity contribution is 5.49. The summed E-state index contributed by atoms with van der Waals surface area (Å²) in [5.74, 6) is 1.85. The summed E-state index contributed by atoms with van der Waals surface area (Å²) in [4.78, 5) is 6.60. The van der Waals surface area contributed by atoms with Crippen LogP contribution in [0.5, 0.6) is 17.5 Å². The monoisotopic (exact) mass is 285 g/mol. The molecule has 0 amide bonds. The Morgan fingerprint density at radius 1 is 1.00 bits per heavy atom. The third-order valence-corrected chi connectivity index (χ3v) is 3.45. The van der Waals surface area contributed by atoms with Crippen molar-refractivity contribution in [2.24, 2.45) is 0 Å². The van der Waals surface area contributed by atoms with Crippen LogP contribution in [0.2, 0.25) is 0 Å². The Morgan fingerprint density at radius 3 is 2.43 bits per heavy atom. The lowest BCUT2D eigenvalue weighted by atomic mass is 10.2. The molecule has 0 radical (unpaired) electrons. The van der Waals surface area contributed by atoms with E-state index in [1.165, 1.54) is 5.69 Å². The third kappa shape index (κ3) is 3.44. The number of hydrogen-bond donors (Lipinski definition) is 1. The number of nitrogens with one attached hydrogen (secondary N) is 1. The Bertz CT molecular complexity index is 580. The van der Waals surface area contributed by atoms with Gasteiger partial charge in [0.05, 0.1) is 7.11 Å². The predicted octanol–water partition coefficient (Wildman–Crippen LogP) is 2.29. The summed E-state index contributed by atoms with van der Waals surface area (Å²) in [7, 11) is 1.59. The van der Waals surface area contributed by atoms with Gasteiger partial charge in [-0.05, 0) is 24.3 Å². The van der Waals surface area contributed by atoms with E-state index >= 15 is 0 Å². The van der Waals surface area contributed by atoms with E-state index in [2.05, 4.69) is 27.3 Å². The van der Waals surface area contributed by atoms with Gasteiger partial charge in [-0.15, -0.1) is 0 Å². The standard InChI is InChI=1S/C16H19N3O2/c1-20-15-3-2-4-16(18-15)21-14-7-5-13(6-8-14)19-11-9-17-10-12-19/h2-8,17H,9-12H2,1H3. The molecule has 2 aromatic rings. The van der Waals surface area contributed by atoms with Crippen molar-refractivity contribution in [1.82, 2.24) is 10.3 Å². The summed E-state index contributed by atoms with van der Waals surface area (Å²) in [6.45, 7) is 4.15. The van der Waals surface area contributed by atoms with Crippen molar-refractivity contribution < 1.29 is 9.47 Å². The lowest BCUT2D eigenvalue weighted by Gasteiger charge is -2.29. The second kappa shape index (κ2) is 6.45. The second-order valence-corrected chi connectivity index (χ2v) is 4.85. The molecule has 0 spiro atoms. The molecule has 2 heterocycles. The number of hydrogen-bond acceptors (Lipinski definition) is 5. The molecule has 5 nitrogen and oxygen atoms in total. The van der Waals surface area contributed by atoms with Crippen LogP contribution in [0.1, 0.15) is 0 Å². The Hall–Kier alpha value is -2.27. The van der Waals surface area contributed by atoms with Crippen molar-refractivity contribution in [2.45, 2.75) is 0 Å². The van der Waals surface area contributed by atoms with Crippen molar-refractivity contribution in [3.63, 3.8) is 0 Å². The maximum Gasteiger partial charge on any atom is 0.222 e. The van der Waals surface area contributed by atoms with Gasteiger partial charge in [-0.2, -0.15) is 4.98 Å². The number of methoxy groups -OCH3 is 1. The van der Waals surface area contributed by atoms with Gasteiger partial charge in [0.25, 0.3) is 0 Å². The number of ether oxygens (including phenoxy) is 2. The van der Waals surface area contributed by atoms with E-state index in [0.717, 1.165) is 31.9 Å². The van der Waals surface area contributed by atoms with Crippen LogP contribution in [0.25, 0.3) is 0 Å². The van der Waals surface area contributed by atoms with E-state index < -0.39 is 0 Å². The Kier molecular flexibility index (Phi) is 4.21. The second-order valence-electron chi connectivity index (χ2n) is 4.85. The maximum absolute atomic E-state index is 5.74. The van der Waals surface area contributed by atoms with Crippen molar-refractivity contribution in [1.29, 1.82) is 0 Å². The van der Waals surface area contributed by atoms with Crippen LogP contribution in [0, 0.1) is 0 Å². The first-order valence-corrected chi connectivity index (χ1v) is 7.10. The van der Waals surface area contributed by atoms with Gasteiger partial charge in [-0.3, -0.25) is 0 Å². The fraction of sp³-hybridized carbons (Fsp3) is 0.312. The van der Waals surface area contributed by atoms with Crippen LogP contribution in [0.4, 0.5) is 5.69 Å². The molecule has 1 aromatic heterocycles. The molecule has 0 atom stereocenters. The van der Waals surface area contributed by atoms with Crippen LogP contribution in [-0.2, 0) is 0 Å². The molecular formula is C16H19N3O2. The molecule has 1 aliphatic rings. The zero-order chi connectivity index (χ0) is 14.5. The van der Waals surface area contributed by atoms with Crippen LogP contribution in [0.3, 0.4) is 0 Å². The minimum Gasteiger partial charge on any atom is -0.481 e. The number of rotatable bonds is 4. The van der Waals surface area contributed by atoms with Crippen molar-refractivity contribution in [3.8, 4) is 17.5 Å². The van der Waals surface area contributed by atoms with Gasteiger partial charge < -0.3 is 19.7 Å². The summed E-state index contributed by atoms with van der Waals surface area (Å²) in [5.41, 5.74) is 1.22. The van der Waals surface area contributed by atoms with E-state index in [9.17, 15) is 0 Å². The molecule has 0 aliphatic carbocycles. The molecule has 0 bridgehead atoms. The molecule has 1 aromatic carbocycles. The molecule has 1 saturated heterocycles. The maximum atomic E-state index is 5.74. The number of pyridine rings is 1. The Labute approximate surface area is 124 Å². The highest BCUT2D eigenvalue weighted by Gasteiger charge is 2.10. The van der Waals surface area contributed by atoms with Gasteiger partial charge in [0.15, 0.2) is 0 Å². The molecule has 5 heteroatoms. The average molecular weight is 285 g/mol. The third-order valence-electron chi connectivity index (χ3n) is 3.45. The molecule has 1 aliphatic heterocycles. The first-order valence-electron chi connectivity index (χ1n) is 7.10. The summed E-state index contributed by atoms with van der Waals surface area (Å²) in [6.07, 6.45) is 0. The van der Waals surface area contributed by atoms with E-state index in [1.807, 2.05) is 24.3 Å². The minimum atomic E-state index is 0.532. The van der Waals surface area contributed by atoms with Gasteiger partial charge in [-0.1, -0.05) is 6.07 Å². The quantitative estimate of drug-likeness (QED) is 0.934. The van der Waals surface area contributed by atoms with Crippen molar-refractivity contribution in [3.05, 3.63) is 42.5 Å². The zero-order valence-electron chi connectivity index (χ0n) is 12.1. The van der Waals surface area contributed by atoms with Crippen LogP contribution in [0.15, 0.2) is 42.5 Å². The molecule has 1 fully saturated rings. The van der Waals surface area contributed by atoms with Crippen LogP contribution < -0.4 is 19.7 Å². The summed E-state index contributed by atoms with van der Waals surface area (Å²) in [5, 5.41) is 3.35. The number of benzene rings is 1. The van der Waals surface area contributed by atoms with E-state index in [0.29, 0.717) is 11.8 Å². The van der Waals surface area contributed by atoms with E-state index in [-0.39, 0.29) is 0 Å². The normalized spacial score (nSPS) is 14.8. The minimum absolute atomic E-state index is 0.532. The summed E-state index contributed by atoms with van der Waals surface area (Å²) >= 11 is 0. The molecule has 0 saturated carbocycles. The van der Waals surface area contributed by atoms with Gasteiger partial charge >= 0.3 is 0 Å². The SMILES string of the molecule is COc1cccc(Oc2ccc(N3CCNCC3)cc2)n1. The summed E-state index contributed by atoms with van der Waals surface area (Å²) in [6, 6.07) is 13.6. The molecule has 1 N–H and O–H groups in total. The van der Waals surface area contributed by atoms with Gasteiger partial charge in [0, 0.05) is 44.0 Å². The fourth-order valence-electron chi connectivity index (χ4n) is 2.34. The highest BCUT2D eigenvalue weighted by atomic mass is 16.5. The highest BCUT2D eigenvalue weighted by Crippen LogP contribution is 2.24. The average Bonchev–Trinajstić information content (AvgIpc) is 2.56. The molecule has 21 heavy (non-hydrogen) atoms. The number of aromatic nitrogens is 1. The van der Waals surface area contributed by atoms with Crippen molar-refractivity contribution >= 4 is 5.69 Å². The van der Waals surface area contributed by atoms with Gasteiger partial charge in [0.1, 0.15) is 5.75 Å². The largest absolute Gasteiger partial charge is 0.481 e. The van der Waals surface area contributed by atoms with Crippen molar-refractivity contribution in [2.75, 3.05) is 38.2 Å². The smallest absolute Gasteiger partial charge is 0.222 e. The zero-order valence-corrected chi connectivity index (χ0v) is 12.1. The lowest BCUT2D eigenvalue weighted by Crippen LogP contribution is -2.43. The lowest BCUT2D eigenvalue weighted by molar-refractivity contribution is 0.383. The topological polar surface area (TPSA) is 46.6 Å². The van der Waals surface area contributed by atoms with Gasteiger partial charge in [0.2, 0.25) is 11.8 Å². The first kappa shape index (κ1) is 13.7. The molecular weight excluding hydrogens is 266 g/mol.